The highest BCUT2D eigenvalue weighted by molar-refractivity contribution is 6.09. The number of fused-ring (bicyclic) bond motifs is 1. The van der Waals surface area contributed by atoms with Crippen LogP contribution >= 0.6 is 0 Å². The highest BCUT2D eigenvalue weighted by Crippen LogP contribution is 2.48. The zero-order valence-electron chi connectivity index (χ0n) is 14.1. The Labute approximate surface area is 144 Å². The van der Waals surface area contributed by atoms with Gasteiger partial charge in [-0.05, 0) is 31.5 Å². The summed E-state index contributed by atoms with van der Waals surface area (Å²) in [6.45, 7) is 3.65. The lowest BCUT2D eigenvalue weighted by atomic mass is 9.86. The highest BCUT2D eigenvalue weighted by Gasteiger charge is 2.46. The summed E-state index contributed by atoms with van der Waals surface area (Å²) in [4.78, 5) is 24.8. The van der Waals surface area contributed by atoms with Crippen LogP contribution in [0.1, 0.15) is 25.0 Å². The number of nitro groups is 1. The number of carbonyl (C=O) groups is 1. The normalized spacial score (nSPS) is 15.2. The molecule has 2 aromatic rings. The summed E-state index contributed by atoms with van der Waals surface area (Å²) in [5, 5.41) is 21.4. The van der Waals surface area contributed by atoms with E-state index in [-0.39, 0.29) is 23.9 Å². The number of phenols is 1. The van der Waals surface area contributed by atoms with Crippen molar-refractivity contribution in [2.45, 2.75) is 25.8 Å². The van der Waals surface area contributed by atoms with E-state index in [0.717, 1.165) is 11.6 Å². The summed E-state index contributed by atoms with van der Waals surface area (Å²) in [7, 11) is 1.57. The minimum Gasteiger partial charge on any atom is -0.505 e. The molecule has 0 saturated carbocycles. The quantitative estimate of drug-likeness (QED) is 0.680. The molecule has 1 N–H and O–H groups in total. The second-order valence-corrected chi connectivity index (χ2v) is 6.48. The zero-order chi connectivity index (χ0) is 18.4. The number of aromatic hydroxyl groups is 1. The minimum atomic E-state index is -0.953. The topological polar surface area (TPSA) is 92.9 Å². The van der Waals surface area contributed by atoms with Crippen molar-refractivity contribution in [3.05, 3.63) is 57.6 Å². The van der Waals surface area contributed by atoms with E-state index in [1.165, 1.54) is 11.0 Å². The van der Waals surface area contributed by atoms with Gasteiger partial charge in [-0.25, -0.2) is 0 Å². The summed E-state index contributed by atoms with van der Waals surface area (Å²) < 4.78 is 5.12. The molecular formula is C18H18N2O5. The van der Waals surface area contributed by atoms with Crippen molar-refractivity contribution < 1.29 is 19.6 Å². The van der Waals surface area contributed by atoms with E-state index in [1.54, 1.807) is 33.1 Å². The number of non-ortho nitro benzene ring substituents is 1. The van der Waals surface area contributed by atoms with Crippen LogP contribution in [0.4, 0.5) is 11.4 Å². The lowest BCUT2D eigenvalue weighted by Gasteiger charge is -2.20. The Morgan fingerprint density at radius 2 is 1.88 bits per heavy atom. The minimum absolute atomic E-state index is 0.214. The average Bonchev–Trinajstić information content (AvgIpc) is 2.77. The van der Waals surface area contributed by atoms with Crippen LogP contribution < -0.4 is 9.64 Å². The maximum absolute atomic E-state index is 12.9. The monoisotopic (exact) mass is 342 g/mol. The number of hydrogen-bond acceptors (Lipinski definition) is 5. The van der Waals surface area contributed by atoms with Gasteiger partial charge in [-0.1, -0.05) is 12.1 Å². The Bertz CT molecular complexity index is 859. The zero-order valence-corrected chi connectivity index (χ0v) is 14.1. The molecule has 0 unspecified atom stereocenters. The first kappa shape index (κ1) is 16.8. The Kier molecular flexibility index (Phi) is 3.87. The fourth-order valence-electron chi connectivity index (χ4n) is 3.09. The molecule has 2 aromatic carbocycles. The largest absolute Gasteiger partial charge is 0.505 e. The number of hydrogen-bond donors (Lipinski definition) is 1. The number of benzene rings is 2. The first-order valence-electron chi connectivity index (χ1n) is 7.72. The molecule has 3 rings (SSSR count). The molecular weight excluding hydrogens is 324 g/mol. The van der Waals surface area contributed by atoms with Crippen molar-refractivity contribution in [3.63, 3.8) is 0 Å². The van der Waals surface area contributed by atoms with Crippen molar-refractivity contribution in [1.29, 1.82) is 0 Å². The van der Waals surface area contributed by atoms with E-state index in [4.69, 9.17) is 4.74 Å². The van der Waals surface area contributed by atoms with Crippen LogP contribution in [-0.4, -0.2) is 23.0 Å². The van der Waals surface area contributed by atoms with Crippen LogP contribution in [-0.2, 0) is 16.8 Å². The fourth-order valence-corrected chi connectivity index (χ4v) is 3.09. The summed E-state index contributed by atoms with van der Waals surface area (Å²) in [5.74, 6) is 0.224. The van der Waals surface area contributed by atoms with Crippen molar-refractivity contribution in [2.24, 2.45) is 0 Å². The number of carbonyl (C=O) groups excluding carboxylic acids is 1. The SMILES string of the molecule is COc1ccc(CN2C(=O)C(C)(C)c3cc([N+](=O)[O-])cc(O)c32)cc1. The molecule has 0 saturated heterocycles. The van der Waals surface area contributed by atoms with Gasteiger partial charge in [0.25, 0.3) is 5.69 Å². The second kappa shape index (κ2) is 5.77. The maximum Gasteiger partial charge on any atom is 0.273 e. The lowest BCUT2D eigenvalue weighted by molar-refractivity contribution is -0.385. The van der Waals surface area contributed by atoms with Gasteiger partial charge < -0.3 is 14.7 Å². The number of amides is 1. The number of nitrogens with zero attached hydrogens (tertiary/aromatic N) is 2. The molecule has 7 heteroatoms. The highest BCUT2D eigenvalue weighted by atomic mass is 16.6. The Hall–Kier alpha value is -3.09. The molecule has 1 aliphatic rings. The number of phenolic OH excluding ortho intramolecular Hbond substituents is 1. The third kappa shape index (κ3) is 2.67. The molecule has 0 bridgehead atoms. The summed E-state index contributed by atoms with van der Waals surface area (Å²) in [6.07, 6.45) is 0. The number of ether oxygens (including phenoxy) is 1. The Balaban J connectivity index is 2.05. The van der Waals surface area contributed by atoms with Crippen molar-refractivity contribution in [1.82, 2.24) is 0 Å². The molecule has 0 aliphatic carbocycles. The van der Waals surface area contributed by atoms with Crippen molar-refractivity contribution in [3.8, 4) is 11.5 Å². The van der Waals surface area contributed by atoms with Gasteiger partial charge in [0.15, 0.2) is 0 Å². The third-order valence-electron chi connectivity index (χ3n) is 4.51. The molecule has 0 spiro atoms. The van der Waals surface area contributed by atoms with E-state index in [9.17, 15) is 20.0 Å². The van der Waals surface area contributed by atoms with E-state index in [2.05, 4.69) is 0 Å². The molecule has 1 amide bonds. The molecule has 0 fully saturated rings. The molecule has 0 aromatic heterocycles. The van der Waals surface area contributed by atoms with E-state index in [1.807, 2.05) is 12.1 Å². The molecule has 130 valence electrons. The first-order chi connectivity index (χ1) is 11.8. The van der Waals surface area contributed by atoms with Gasteiger partial charge >= 0.3 is 0 Å². The van der Waals surface area contributed by atoms with Crippen LogP contribution in [0.25, 0.3) is 0 Å². The molecule has 25 heavy (non-hydrogen) atoms. The number of methoxy groups -OCH3 is 1. The van der Waals surface area contributed by atoms with Crippen LogP contribution in [0, 0.1) is 10.1 Å². The van der Waals surface area contributed by atoms with E-state index in [0.29, 0.717) is 17.0 Å². The van der Waals surface area contributed by atoms with Gasteiger partial charge in [-0.15, -0.1) is 0 Å². The van der Waals surface area contributed by atoms with Gasteiger partial charge in [0.05, 0.1) is 35.7 Å². The van der Waals surface area contributed by atoms with Crippen LogP contribution in [0.2, 0.25) is 0 Å². The predicted molar refractivity (Wildman–Crippen MR) is 92.0 cm³/mol. The van der Waals surface area contributed by atoms with E-state index < -0.39 is 10.3 Å². The van der Waals surface area contributed by atoms with Gasteiger partial charge in [0.1, 0.15) is 11.5 Å². The third-order valence-corrected chi connectivity index (χ3v) is 4.51. The van der Waals surface area contributed by atoms with E-state index >= 15 is 0 Å². The van der Waals surface area contributed by atoms with Gasteiger partial charge in [-0.2, -0.15) is 0 Å². The van der Waals surface area contributed by atoms with Gasteiger partial charge in [0.2, 0.25) is 5.91 Å². The average molecular weight is 342 g/mol. The lowest BCUT2D eigenvalue weighted by Crippen LogP contribution is -2.35. The number of nitro benzene ring substituents is 1. The molecule has 7 nitrogen and oxygen atoms in total. The van der Waals surface area contributed by atoms with Gasteiger partial charge in [-0.3, -0.25) is 14.9 Å². The standard InChI is InChI=1S/C18H18N2O5/c1-18(2)14-8-12(20(23)24)9-15(21)16(14)19(17(18)22)10-11-4-6-13(25-3)7-5-11/h4-9,21H,10H2,1-3H3. The number of anilines is 1. The smallest absolute Gasteiger partial charge is 0.273 e. The number of rotatable bonds is 4. The molecule has 0 radical (unpaired) electrons. The summed E-state index contributed by atoms with van der Waals surface area (Å²) in [5.41, 5.74) is 0.457. The second-order valence-electron chi connectivity index (χ2n) is 6.48. The first-order valence-corrected chi connectivity index (χ1v) is 7.72. The molecule has 1 aliphatic heterocycles. The predicted octanol–water partition coefficient (Wildman–Crippen LogP) is 3.13. The van der Waals surface area contributed by atoms with Crippen LogP contribution in [0.3, 0.4) is 0 Å². The Morgan fingerprint density at radius 1 is 1.24 bits per heavy atom. The van der Waals surface area contributed by atoms with Crippen LogP contribution in [0.15, 0.2) is 36.4 Å². The summed E-state index contributed by atoms with van der Waals surface area (Å²) in [6, 6.07) is 9.68. The van der Waals surface area contributed by atoms with Crippen molar-refractivity contribution in [2.75, 3.05) is 12.0 Å². The summed E-state index contributed by atoms with van der Waals surface area (Å²) >= 11 is 0. The van der Waals surface area contributed by atoms with Crippen molar-refractivity contribution >= 4 is 17.3 Å². The maximum atomic E-state index is 12.9. The Morgan fingerprint density at radius 3 is 2.44 bits per heavy atom. The van der Waals surface area contributed by atoms with Crippen LogP contribution in [0.5, 0.6) is 11.5 Å². The molecule has 1 heterocycles. The fraction of sp³-hybridized carbons (Fsp3) is 0.278. The van der Waals surface area contributed by atoms with Gasteiger partial charge in [0, 0.05) is 11.6 Å². The molecule has 0 atom stereocenters.